The molecular formula is C18H22N4O3S. The minimum atomic E-state index is -0.0648. The predicted octanol–water partition coefficient (Wildman–Crippen LogP) is 3.05. The summed E-state index contributed by atoms with van der Waals surface area (Å²) in [5, 5.41) is 12.3. The third kappa shape index (κ3) is 4.19. The summed E-state index contributed by atoms with van der Waals surface area (Å²) in [7, 11) is 1.61. The lowest BCUT2D eigenvalue weighted by Crippen LogP contribution is -2.24. The van der Waals surface area contributed by atoms with E-state index < -0.39 is 0 Å². The number of amides is 2. The second kappa shape index (κ2) is 7.82. The van der Waals surface area contributed by atoms with Gasteiger partial charge >= 0.3 is 0 Å². The molecule has 1 aliphatic heterocycles. The van der Waals surface area contributed by atoms with Gasteiger partial charge in [0.15, 0.2) is 0 Å². The molecule has 1 fully saturated rings. The van der Waals surface area contributed by atoms with Gasteiger partial charge in [0.05, 0.1) is 7.11 Å². The Morgan fingerprint density at radius 1 is 1.35 bits per heavy atom. The molecule has 1 saturated heterocycles. The molecule has 0 aliphatic carbocycles. The molecule has 0 bridgehead atoms. The van der Waals surface area contributed by atoms with Crippen molar-refractivity contribution in [3.8, 4) is 5.75 Å². The van der Waals surface area contributed by atoms with Crippen LogP contribution in [0.4, 0.5) is 10.8 Å². The summed E-state index contributed by atoms with van der Waals surface area (Å²) in [4.78, 5) is 26.0. The van der Waals surface area contributed by atoms with E-state index in [-0.39, 0.29) is 23.7 Å². The number of methoxy groups -OCH3 is 1. The van der Waals surface area contributed by atoms with Crippen LogP contribution in [0, 0.1) is 5.92 Å². The summed E-state index contributed by atoms with van der Waals surface area (Å²) < 4.78 is 5.15. The van der Waals surface area contributed by atoms with Gasteiger partial charge in [0, 0.05) is 31.0 Å². The second-order valence-electron chi connectivity index (χ2n) is 6.70. The molecule has 138 valence electrons. The van der Waals surface area contributed by atoms with E-state index in [1.807, 2.05) is 38.1 Å². The second-order valence-corrected chi connectivity index (χ2v) is 7.70. The van der Waals surface area contributed by atoms with Gasteiger partial charge in [0.1, 0.15) is 10.8 Å². The Morgan fingerprint density at radius 2 is 2.08 bits per heavy atom. The van der Waals surface area contributed by atoms with Gasteiger partial charge < -0.3 is 15.0 Å². The van der Waals surface area contributed by atoms with Crippen molar-refractivity contribution in [2.75, 3.05) is 23.9 Å². The molecule has 2 heterocycles. The van der Waals surface area contributed by atoms with Crippen LogP contribution in [0.25, 0.3) is 0 Å². The number of benzene rings is 1. The van der Waals surface area contributed by atoms with Gasteiger partial charge in [-0.1, -0.05) is 25.2 Å². The van der Waals surface area contributed by atoms with Crippen LogP contribution in [0.1, 0.15) is 37.6 Å². The van der Waals surface area contributed by atoms with Gasteiger partial charge in [0.2, 0.25) is 16.9 Å². The first-order valence-corrected chi connectivity index (χ1v) is 9.35. The van der Waals surface area contributed by atoms with E-state index >= 15 is 0 Å². The van der Waals surface area contributed by atoms with Crippen molar-refractivity contribution in [2.45, 2.75) is 32.6 Å². The smallest absolute Gasteiger partial charge is 0.227 e. The molecule has 3 rings (SSSR count). The molecule has 1 unspecified atom stereocenters. The highest BCUT2D eigenvalue weighted by Crippen LogP contribution is 2.34. The van der Waals surface area contributed by atoms with E-state index in [0.29, 0.717) is 24.5 Å². The van der Waals surface area contributed by atoms with Crippen molar-refractivity contribution in [1.29, 1.82) is 0 Å². The Bertz CT molecular complexity index is 788. The first-order valence-electron chi connectivity index (χ1n) is 8.54. The molecule has 26 heavy (non-hydrogen) atoms. The molecule has 1 N–H and O–H groups in total. The van der Waals surface area contributed by atoms with E-state index in [4.69, 9.17) is 4.74 Å². The fraction of sp³-hybridized carbons (Fsp3) is 0.444. The lowest BCUT2D eigenvalue weighted by Gasteiger charge is -2.16. The van der Waals surface area contributed by atoms with E-state index in [1.165, 1.54) is 11.3 Å². The summed E-state index contributed by atoms with van der Waals surface area (Å²) in [6.45, 7) is 4.53. The number of hydrogen-bond donors (Lipinski definition) is 1. The van der Waals surface area contributed by atoms with Crippen molar-refractivity contribution in [3.63, 3.8) is 0 Å². The fourth-order valence-corrected chi connectivity index (χ4v) is 3.73. The van der Waals surface area contributed by atoms with Gasteiger partial charge in [-0.15, -0.1) is 10.2 Å². The van der Waals surface area contributed by atoms with Gasteiger partial charge in [-0.3, -0.25) is 9.59 Å². The predicted molar refractivity (Wildman–Crippen MR) is 101 cm³/mol. The molecule has 0 spiro atoms. The van der Waals surface area contributed by atoms with Crippen LogP contribution in [0.3, 0.4) is 0 Å². The molecule has 2 amide bonds. The summed E-state index contributed by atoms with van der Waals surface area (Å²) in [5.41, 5.74) is 0.841. The highest BCUT2D eigenvalue weighted by Gasteiger charge is 2.34. The van der Waals surface area contributed by atoms with Crippen molar-refractivity contribution >= 4 is 34.0 Å². The molecular weight excluding hydrogens is 352 g/mol. The fourth-order valence-electron chi connectivity index (χ4n) is 2.88. The molecule has 7 nitrogen and oxygen atoms in total. The Morgan fingerprint density at radius 3 is 2.73 bits per heavy atom. The lowest BCUT2D eigenvalue weighted by atomic mass is 10.1. The van der Waals surface area contributed by atoms with Gasteiger partial charge in [0.25, 0.3) is 0 Å². The molecule has 1 atom stereocenters. The molecule has 1 aromatic heterocycles. The van der Waals surface area contributed by atoms with E-state index in [0.717, 1.165) is 16.4 Å². The zero-order valence-electron chi connectivity index (χ0n) is 15.1. The van der Waals surface area contributed by atoms with Gasteiger partial charge in [-0.05, 0) is 30.2 Å². The Hall–Kier alpha value is -2.48. The zero-order chi connectivity index (χ0) is 18.7. The van der Waals surface area contributed by atoms with Crippen LogP contribution in [0.15, 0.2) is 24.3 Å². The SMILES string of the molecule is COc1ccc(N2CC(c3nnc(NC(=O)CC(C)C)s3)CC2=O)cc1. The number of anilines is 2. The van der Waals surface area contributed by atoms with Crippen LogP contribution in [0.5, 0.6) is 5.75 Å². The number of rotatable bonds is 6. The topological polar surface area (TPSA) is 84.4 Å². The summed E-state index contributed by atoms with van der Waals surface area (Å²) in [6.07, 6.45) is 0.836. The van der Waals surface area contributed by atoms with Crippen molar-refractivity contribution in [2.24, 2.45) is 5.92 Å². The molecule has 2 aromatic rings. The minimum Gasteiger partial charge on any atom is -0.497 e. The first kappa shape index (κ1) is 18.3. The number of aromatic nitrogens is 2. The van der Waals surface area contributed by atoms with Crippen LogP contribution in [-0.4, -0.2) is 35.7 Å². The molecule has 0 radical (unpaired) electrons. The largest absolute Gasteiger partial charge is 0.497 e. The maximum Gasteiger partial charge on any atom is 0.227 e. The quantitative estimate of drug-likeness (QED) is 0.840. The standard InChI is InChI=1S/C18H22N4O3S/c1-11(2)8-15(23)19-18-21-20-17(26-18)12-9-16(24)22(10-12)13-4-6-14(25-3)7-5-13/h4-7,11-12H,8-10H2,1-3H3,(H,19,21,23). The summed E-state index contributed by atoms with van der Waals surface area (Å²) >= 11 is 1.34. The number of ether oxygens (including phenoxy) is 1. The first-order chi connectivity index (χ1) is 12.5. The van der Waals surface area contributed by atoms with Crippen molar-refractivity contribution < 1.29 is 14.3 Å². The van der Waals surface area contributed by atoms with Crippen molar-refractivity contribution in [1.82, 2.24) is 10.2 Å². The average Bonchev–Trinajstić information content (AvgIpc) is 3.21. The highest BCUT2D eigenvalue weighted by molar-refractivity contribution is 7.15. The van der Waals surface area contributed by atoms with E-state index in [2.05, 4.69) is 15.5 Å². The van der Waals surface area contributed by atoms with Crippen LogP contribution >= 0.6 is 11.3 Å². The maximum absolute atomic E-state index is 12.4. The molecule has 0 saturated carbocycles. The number of carbonyl (C=O) groups is 2. The van der Waals surface area contributed by atoms with Gasteiger partial charge in [-0.2, -0.15) is 0 Å². The third-order valence-corrected chi connectivity index (χ3v) is 5.14. The molecule has 1 aromatic carbocycles. The zero-order valence-corrected chi connectivity index (χ0v) is 15.9. The van der Waals surface area contributed by atoms with Crippen LogP contribution < -0.4 is 15.0 Å². The number of nitrogens with zero attached hydrogens (tertiary/aromatic N) is 3. The number of hydrogen-bond acceptors (Lipinski definition) is 6. The Labute approximate surface area is 156 Å². The molecule has 1 aliphatic rings. The third-order valence-electron chi connectivity index (χ3n) is 4.14. The highest BCUT2D eigenvalue weighted by atomic mass is 32.1. The molecule has 8 heteroatoms. The van der Waals surface area contributed by atoms with E-state index in [9.17, 15) is 9.59 Å². The number of nitrogens with one attached hydrogen (secondary N) is 1. The van der Waals surface area contributed by atoms with Gasteiger partial charge in [-0.25, -0.2) is 0 Å². The average molecular weight is 374 g/mol. The monoisotopic (exact) mass is 374 g/mol. The van der Waals surface area contributed by atoms with E-state index in [1.54, 1.807) is 12.0 Å². The normalized spacial score (nSPS) is 17.0. The number of carbonyl (C=O) groups excluding carboxylic acids is 2. The summed E-state index contributed by atoms with van der Waals surface area (Å²) in [5.74, 6) is 1.01. The van der Waals surface area contributed by atoms with Crippen molar-refractivity contribution in [3.05, 3.63) is 29.3 Å². The van der Waals surface area contributed by atoms with Crippen LogP contribution in [-0.2, 0) is 9.59 Å². The van der Waals surface area contributed by atoms with Crippen LogP contribution in [0.2, 0.25) is 0 Å². The maximum atomic E-state index is 12.4. The Balaban J connectivity index is 1.66. The lowest BCUT2D eigenvalue weighted by molar-refractivity contribution is -0.117. The minimum absolute atomic E-state index is 0.0159. The summed E-state index contributed by atoms with van der Waals surface area (Å²) in [6, 6.07) is 7.42. The Kier molecular flexibility index (Phi) is 5.51.